The molecule has 0 radical (unpaired) electrons. The third-order valence-electron chi connectivity index (χ3n) is 6.41. The fraction of sp³-hybridized carbons (Fsp3) is 0.440. The predicted octanol–water partition coefficient (Wildman–Crippen LogP) is 3.17. The Kier molecular flexibility index (Phi) is 6.21. The number of carbonyl (C=O) groups excluding carboxylic acids is 2. The summed E-state index contributed by atoms with van der Waals surface area (Å²) in [6.07, 6.45) is 3.81. The number of nitrogens with zero attached hydrogens (tertiary/aromatic N) is 4. The van der Waals surface area contributed by atoms with Crippen LogP contribution >= 0.6 is 0 Å². The number of fused-ring (bicyclic) bond motifs is 2. The van der Waals surface area contributed by atoms with Crippen LogP contribution in [0.4, 0.5) is 5.82 Å². The van der Waals surface area contributed by atoms with E-state index in [0.717, 1.165) is 16.8 Å². The van der Waals surface area contributed by atoms with Crippen molar-refractivity contribution in [3.05, 3.63) is 53.1 Å². The number of aromatic nitrogens is 3. The highest BCUT2D eigenvalue weighted by atomic mass is 16.5. The number of methoxy groups -OCH3 is 1. The van der Waals surface area contributed by atoms with Crippen LogP contribution in [0.3, 0.4) is 0 Å². The molecule has 1 aromatic carbocycles. The molecule has 174 valence electrons. The fourth-order valence-electron chi connectivity index (χ4n) is 4.34. The van der Waals surface area contributed by atoms with Gasteiger partial charge in [-0.25, -0.2) is 9.97 Å². The molecule has 0 saturated carbocycles. The van der Waals surface area contributed by atoms with Gasteiger partial charge in [0.2, 0.25) is 5.91 Å². The molecule has 1 aliphatic rings. The van der Waals surface area contributed by atoms with Gasteiger partial charge in [0.15, 0.2) is 0 Å². The summed E-state index contributed by atoms with van der Waals surface area (Å²) in [6, 6.07) is 8.16. The lowest BCUT2D eigenvalue weighted by atomic mass is 10.0. The second-order valence-corrected chi connectivity index (χ2v) is 9.06. The Balaban J connectivity index is 1.58. The summed E-state index contributed by atoms with van der Waals surface area (Å²) in [6.45, 7) is 6.18. The first-order valence-electron chi connectivity index (χ1n) is 11.2. The average molecular weight is 450 g/mol. The number of ether oxygens (including phenoxy) is 1. The summed E-state index contributed by atoms with van der Waals surface area (Å²) >= 11 is 0. The third kappa shape index (κ3) is 4.48. The van der Waals surface area contributed by atoms with Crippen LogP contribution in [0.25, 0.3) is 10.9 Å². The first-order valence-corrected chi connectivity index (χ1v) is 11.2. The molecule has 3 heterocycles. The van der Waals surface area contributed by atoms with E-state index in [-0.39, 0.29) is 18.4 Å². The van der Waals surface area contributed by atoms with Gasteiger partial charge >= 0.3 is 0 Å². The number of carbonyl (C=O) groups is 2. The number of H-pyrrole nitrogens is 1. The van der Waals surface area contributed by atoms with Gasteiger partial charge in [0.1, 0.15) is 17.2 Å². The van der Waals surface area contributed by atoms with Crippen LogP contribution in [0.1, 0.15) is 42.9 Å². The summed E-state index contributed by atoms with van der Waals surface area (Å²) < 4.78 is 5.31. The monoisotopic (exact) mass is 449 g/mol. The Hall–Kier alpha value is -3.26. The number of rotatable bonds is 7. The van der Waals surface area contributed by atoms with Crippen LogP contribution in [-0.2, 0) is 33.7 Å². The van der Waals surface area contributed by atoms with Gasteiger partial charge in [0.05, 0.1) is 6.54 Å². The maximum absolute atomic E-state index is 12.9. The van der Waals surface area contributed by atoms with Gasteiger partial charge in [-0.1, -0.05) is 18.2 Å². The quantitative estimate of drug-likeness (QED) is 0.598. The fourth-order valence-corrected chi connectivity index (χ4v) is 4.34. The molecule has 0 unspecified atom stereocenters. The van der Waals surface area contributed by atoms with Gasteiger partial charge < -0.3 is 14.6 Å². The number of para-hydroxylation sites is 1. The molecular formula is C25H31N5O3. The summed E-state index contributed by atoms with van der Waals surface area (Å²) in [4.78, 5) is 41.6. The lowest BCUT2D eigenvalue weighted by Crippen LogP contribution is -2.44. The predicted molar refractivity (Wildman–Crippen MR) is 127 cm³/mol. The topological polar surface area (TPSA) is 91.4 Å². The second-order valence-electron chi connectivity index (χ2n) is 9.06. The Labute approximate surface area is 194 Å². The highest BCUT2D eigenvalue weighted by molar-refractivity contribution is 5.95. The first kappa shape index (κ1) is 22.9. The SMILES string of the molecule is COC(C)(C)C(=O)N(C)Cc1nc(C)c2c(n1)N(CCc1c[nH]c3ccccc13)C(=O)CC2. The lowest BCUT2D eigenvalue weighted by Gasteiger charge is -2.31. The molecule has 8 heteroatoms. The molecule has 1 N–H and O–H groups in total. The van der Waals surface area contributed by atoms with Crippen LogP contribution in [0.2, 0.25) is 0 Å². The molecule has 2 aromatic heterocycles. The molecule has 0 spiro atoms. The van der Waals surface area contributed by atoms with E-state index in [1.165, 1.54) is 18.1 Å². The largest absolute Gasteiger partial charge is 0.369 e. The molecule has 2 amide bonds. The minimum absolute atomic E-state index is 0.0661. The molecule has 0 fully saturated rings. The lowest BCUT2D eigenvalue weighted by molar-refractivity contribution is -0.150. The highest BCUT2D eigenvalue weighted by Gasteiger charge is 2.32. The molecule has 4 rings (SSSR count). The summed E-state index contributed by atoms with van der Waals surface area (Å²) in [5.41, 5.74) is 3.18. The van der Waals surface area contributed by atoms with Crippen molar-refractivity contribution in [2.24, 2.45) is 0 Å². The number of likely N-dealkylation sites (N-methyl/N-ethyl adjacent to an activating group) is 1. The Bertz CT molecular complexity index is 1200. The normalized spacial score (nSPS) is 14.0. The van der Waals surface area contributed by atoms with E-state index in [0.29, 0.717) is 37.4 Å². The second kappa shape index (κ2) is 8.94. The number of anilines is 1. The van der Waals surface area contributed by atoms with Gasteiger partial charge in [-0.05, 0) is 45.2 Å². The van der Waals surface area contributed by atoms with Crippen LogP contribution < -0.4 is 4.90 Å². The van der Waals surface area contributed by atoms with E-state index in [1.54, 1.807) is 30.7 Å². The average Bonchev–Trinajstić information content (AvgIpc) is 3.21. The molecule has 0 bridgehead atoms. The minimum Gasteiger partial charge on any atom is -0.369 e. The molecule has 3 aromatic rings. The number of hydrogen-bond acceptors (Lipinski definition) is 5. The molecule has 8 nitrogen and oxygen atoms in total. The van der Waals surface area contributed by atoms with Crippen molar-refractivity contribution in [1.82, 2.24) is 19.9 Å². The molecule has 33 heavy (non-hydrogen) atoms. The van der Waals surface area contributed by atoms with Gasteiger partial charge in [0.25, 0.3) is 5.91 Å². The number of nitrogens with one attached hydrogen (secondary N) is 1. The maximum atomic E-state index is 12.9. The Morgan fingerprint density at radius 1 is 1.24 bits per heavy atom. The van der Waals surface area contributed by atoms with E-state index in [4.69, 9.17) is 9.72 Å². The summed E-state index contributed by atoms with van der Waals surface area (Å²) in [5, 5.41) is 1.17. The Morgan fingerprint density at radius 2 is 2.00 bits per heavy atom. The van der Waals surface area contributed by atoms with Crippen molar-refractivity contribution < 1.29 is 14.3 Å². The molecule has 0 atom stereocenters. The Morgan fingerprint density at radius 3 is 2.76 bits per heavy atom. The summed E-state index contributed by atoms with van der Waals surface area (Å²) in [5.74, 6) is 1.09. The van der Waals surface area contributed by atoms with Crippen molar-refractivity contribution in [1.29, 1.82) is 0 Å². The van der Waals surface area contributed by atoms with Crippen molar-refractivity contribution >= 4 is 28.5 Å². The van der Waals surface area contributed by atoms with Gasteiger partial charge in [-0.2, -0.15) is 0 Å². The zero-order chi connectivity index (χ0) is 23.8. The number of hydrogen-bond donors (Lipinski definition) is 1. The first-order chi connectivity index (χ1) is 15.7. The van der Waals surface area contributed by atoms with Crippen LogP contribution in [0, 0.1) is 6.92 Å². The molecule has 0 saturated heterocycles. The van der Waals surface area contributed by atoms with E-state index >= 15 is 0 Å². The van der Waals surface area contributed by atoms with Gasteiger partial charge in [-0.3, -0.25) is 14.5 Å². The van der Waals surface area contributed by atoms with E-state index in [2.05, 4.69) is 16.0 Å². The number of aromatic amines is 1. The summed E-state index contributed by atoms with van der Waals surface area (Å²) in [7, 11) is 3.23. The number of amides is 2. The third-order valence-corrected chi connectivity index (χ3v) is 6.41. The van der Waals surface area contributed by atoms with Crippen molar-refractivity contribution in [2.75, 3.05) is 25.6 Å². The van der Waals surface area contributed by atoms with E-state index in [1.807, 2.05) is 31.3 Å². The maximum Gasteiger partial charge on any atom is 0.254 e. The van der Waals surface area contributed by atoms with Crippen molar-refractivity contribution in [3.8, 4) is 0 Å². The van der Waals surface area contributed by atoms with E-state index in [9.17, 15) is 9.59 Å². The highest BCUT2D eigenvalue weighted by Crippen LogP contribution is 2.29. The van der Waals surface area contributed by atoms with Gasteiger partial charge in [0, 0.05) is 55.5 Å². The van der Waals surface area contributed by atoms with E-state index < -0.39 is 5.60 Å². The van der Waals surface area contributed by atoms with Crippen LogP contribution in [-0.4, -0.2) is 58.0 Å². The zero-order valence-electron chi connectivity index (χ0n) is 19.9. The van der Waals surface area contributed by atoms with Crippen LogP contribution in [0.5, 0.6) is 0 Å². The van der Waals surface area contributed by atoms with Crippen molar-refractivity contribution in [2.45, 2.75) is 52.2 Å². The zero-order valence-corrected chi connectivity index (χ0v) is 19.9. The molecular weight excluding hydrogens is 418 g/mol. The van der Waals surface area contributed by atoms with Gasteiger partial charge in [-0.15, -0.1) is 0 Å². The minimum atomic E-state index is -0.931. The standard InChI is InChI=1S/C25H31N5O3/c1-16-18-10-11-22(31)30(13-12-17-14-26-20-9-7-6-8-19(17)20)23(18)28-21(27-16)15-29(4)24(32)25(2,3)33-5/h6-9,14,26H,10-13,15H2,1-5H3. The van der Waals surface area contributed by atoms with Crippen LogP contribution in [0.15, 0.2) is 30.5 Å². The number of benzene rings is 1. The molecule has 1 aliphatic heterocycles. The smallest absolute Gasteiger partial charge is 0.254 e. The molecule has 0 aliphatic carbocycles. The van der Waals surface area contributed by atoms with Crippen molar-refractivity contribution in [3.63, 3.8) is 0 Å². The number of aryl methyl sites for hydroxylation is 1.